The van der Waals surface area contributed by atoms with E-state index in [2.05, 4.69) is 0 Å². The lowest BCUT2D eigenvalue weighted by atomic mass is 12.0. The van der Waals surface area contributed by atoms with Gasteiger partial charge in [0.25, 0.3) is 8.27 Å². The van der Waals surface area contributed by atoms with Gasteiger partial charge in [0, 0.05) is 10.8 Å². The maximum atomic E-state index is 6.96. The molecule has 0 aromatic heterocycles. The summed E-state index contributed by atoms with van der Waals surface area (Å²) in [5.41, 5.74) is 0. The predicted molar refractivity (Wildman–Crippen MR) is 79.4 cm³/mol. The van der Waals surface area contributed by atoms with Crippen LogP contribution in [0.15, 0.2) is 0 Å². The molecule has 0 rings (SSSR count). The minimum absolute atomic E-state index is 0. The van der Waals surface area contributed by atoms with Crippen molar-refractivity contribution < 1.29 is 0 Å². The summed E-state index contributed by atoms with van der Waals surface area (Å²) in [5, 5.41) is 37.6. The molecule has 0 heterocycles. The Morgan fingerprint density at radius 2 is 1.13 bits per heavy atom. The van der Waals surface area contributed by atoms with Crippen molar-refractivity contribution in [2.24, 2.45) is 5.40 Å². The third kappa shape index (κ3) is 59.1. The van der Waals surface area contributed by atoms with E-state index in [1.165, 1.54) is 0 Å². The largest absolute Gasteiger partial charge is 0.419 e. The van der Waals surface area contributed by atoms with Gasteiger partial charge in [-0.2, -0.15) is 0 Å². The number of nitrogens with one attached hydrogen (secondary N) is 3. The molecule has 5 N–H and O–H groups in total. The highest BCUT2D eigenvalue weighted by Gasteiger charge is 1.96. The first kappa shape index (κ1) is 62.6. The average molecular weight is 287 g/mol. The molecule has 0 aromatic rings. The minimum atomic E-state index is -1.60. The molecule has 0 bridgehead atoms. The van der Waals surface area contributed by atoms with E-state index in [9.17, 15) is 0 Å². The van der Waals surface area contributed by atoms with Crippen LogP contribution in [0, 0.1) is 25.9 Å². The summed E-state index contributed by atoms with van der Waals surface area (Å²) in [4.78, 5) is 0. The first-order valence-electron chi connectivity index (χ1n) is 1.82. The van der Waals surface area contributed by atoms with Crippen molar-refractivity contribution in [2.45, 2.75) is 37.1 Å². The molecule has 0 amide bonds. The molecular weight excluding hydrogens is 256 g/mol. The number of nitrogens with zero attached hydrogens (tertiary/aromatic N) is 2. The third-order valence-corrected chi connectivity index (χ3v) is 8.01. The molecule has 0 aliphatic rings. The predicted octanol–water partition coefficient (Wildman–Crippen LogP) is 0.653. The molecule has 0 unspecified atom stereocenters. The lowest BCUT2D eigenvalue weighted by Gasteiger charge is -1.80. The molecular formula is C5H30N6Si4. The van der Waals surface area contributed by atoms with Crippen molar-refractivity contribution in [3.05, 3.63) is 0 Å². The van der Waals surface area contributed by atoms with Gasteiger partial charge in [-0.05, 0) is 11.0 Å². The van der Waals surface area contributed by atoms with E-state index in [4.69, 9.17) is 31.3 Å². The molecule has 0 aromatic carbocycles. The average Bonchev–Trinajstić information content (AvgIpc) is 1.91. The zero-order chi connectivity index (χ0) is 7.86. The van der Waals surface area contributed by atoms with E-state index < -0.39 is 24.7 Å². The van der Waals surface area contributed by atoms with Crippen molar-refractivity contribution in [1.29, 1.82) is 25.9 Å². The van der Waals surface area contributed by atoms with Crippen molar-refractivity contribution >= 4 is 35.7 Å². The molecule has 0 saturated carbocycles. The topological polar surface area (TPSA) is 145 Å². The standard InChI is InChI=1S/5CH4.H6N4Si3.N2.H4Si/c;;;;;1-5-7(4)6(2)3;1-2;/h5*1H4;1-2,4-5H,3H2;;1H4. The van der Waals surface area contributed by atoms with Gasteiger partial charge in [-0.1, -0.05) is 37.1 Å². The Hall–Kier alpha value is -0.512. The van der Waals surface area contributed by atoms with E-state index in [1.807, 2.05) is 0 Å². The Balaban J connectivity index is -0.00000000965. The van der Waals surface area contributed by atoms with Gasteiger partial charge in [0.1, 0.15) is 8.83 Å². The summed E-state index contributed by atoms with van der Waals surface area (Å²) in [6.45, 7) is 0. The maximum absolute atomic E-state index is 6.96. The molecule has 15 heavy (non-hydrogen) atoms. The van der Waals surface area contributed by atoms with E-state index in [-0.39, 0.29) is 48.1 Å². The molecule has 0 spiro atoms. The zero-order valence-electron chi connectivity index (χ0n) is 4.55. The van der Waals surface area contributed by atoms with Crippen LogP contribution in [0.5, 0.6) is 0 Å². The fourth-order valence-electron chi connectivity index (χ4n) is 0.0778. The molecule has 96 valence electrons. The van der Waals surface area contributed by atoms with Gasteiger partial charge >= 0.3 is 0 Å². The Kier molecular flexibility index (Phi) is 209. The lowest BCUT2D eigenvalue weighted by Crippen LogP contribution is -2.29. The summed E-state index contributed by atoms with van der Waals surface area (Å²) >= 11 is 0. The zero-order valence-corrected chi connectivity index (χ0v) is 7.70. The Labute approximate surface area is 104 Å². The van der Waals surface area contributed by atoms with Crippen LogP contribution in [0.1, 0.15) is 37.1 Å². The fraction of sp³-hybridized carbons (Fsp3) is 1.00. The molecule has 0 aliphatic carbocycles. The summed E-state index contributed by atoms with van der Waals surface area (Å²) in [6, 6.07) is 0. The number of rotatable bonds is 2. The molecule has 0 radical (unpaired) electrons. The fourth-order valence-corrected chi connectivity index (χ4v) is 2.10. The summed E-state index contributed by atoms with van der Waals surface area (Å²) in [5.74, 6) is 0. The second-order valence-corrected chi connectivity index (χ2v) is 10.5. The van der Waals surface area contributed by atoms with Crippen LogP contribution in [-0.4, -0.2) is 35.7 Å². The number of hydrogen-bond acceptors (Lipinski definition) is 5. The van der Waals surface area contributed by atoms with Crippen LogP contribution >= 0.6 is 0 Å². The molecule has 0 fully saturated rings. The van der Waals surface area contributed by atoms with Gasteiger partial charge < -0.3 is 20.6 Å². The highest BCUT2D eigenvalue weighted by Crippen LogP contribution is 1.51. The first-order chi connectivity index (χ1) is 4.18. The molecule has 10 heteroatoms. The van der Waals surface area contributed by atoms with Crippen LogP contribution < -0.4 is 5.40 Å². The van der Waals surface area contributed by atoms with Crippen LogP contribution in [0.3, 0.4) is 0 Å². The third-order valence-electron chi connectivity index (χ3n) is 0.435. The maximum Gasteiger partial charge on any atom is 0.254 e. The molecule has 0 atom stereocenters. The van der Waals surface area contributed by atoms with Gasteiger partial charge in [0.15, 0.2) is 7.62 Å². The van der Waals surface area contributed by atoms with E-state index in [0.717, 1.165) is 0 Å². The van der Waals surface area contributed by atoms with Crippen molar-refractivity contribution in [3.63, 3.8) is 0 Å². The second kappa shape index (κ2) is 50.0. The molecule has 0 aliphatic heterocycles. The first-order valence-corrected chi connectivity index (χ1v) is 8.28. The van der Waals surface area contributed by atoms with Crippen LogP contribution in [-0.2, 0) is 0 Å². The van der Waals surface area contributed by atoms with Crippen LogP contribution in [0.2, 0.25) is 0 Å². The number of nitrogens with two attached hydrogens (primary N) is 1. The van der Waals surface area contributed by atoms with Crippen LogP contribution in [0.4, 0.5) is 0 Å². The van der Waals surface area contributed by atoms with Crippen molar-refractivity contribution in [3.8, 4) is 0 Å². The SMILES string of the molecule is C.C.C.C.C.N#N.N=[SiH][Si](=N)[Si](=N)N.[SiH4]. The van der Waals surface area contributed by atoms with Crippen LogP contribution in [0.25, 0.3) is 0 Å². The summed E-state index contributed by atoms with van der Waals surface area (Å²) in [7, 11) is -3.54. The normalized spacial score (nSPS) is 3.60. The van der Waals surface area contributed by atoms with Gasteiger partial charge in [0.2, 0.25) is 0 Å². The Morgan fingerprint density at radius 1 is 0.933 bits per heavy atom. The minimum Gasteiger partial charge on any atom is -0.419 e. The van der Waals surface area contributed by atoms with Gasteiger partial charge in [-0.25, -0.2) is 0 Å². The Morgan fingerprint density at radius 3 is 1.13 bits per heavy atom. The van der Waals surface area contributed by atoms with E-state index >= 15 is 0 Å². The van der Waals surface area contributed by atoms with Gasteiger partial charge in [0.05, 0.1) is 0 Å². The molecule has 0 saturated heterocycles. The van der Waals surface area contributed by atoms with Gasteiger partial charge in [-0.15, -0.1) is 0 Å². The Bertz CT molecular complexity index is 159. The van der Waals surface area contributed by atoms with E-state index in [0.29, 0.717) is 0 Å². The monoisotopic (exact) mass is 286 g/mol. The highest BCUT2D eigenvalue weighted by molar-refractivity contribution is 7.31. The van der Waals surface area contributed by atoms with Crippen molar-refractivity contribution in [1.82, 2.24) is 0 Å². The summed E-state index contributed by atoms with van der Waals surface area (Å²) < 4.78 is 0. The van der Waals surface area contributed by atoms with E-state index in [1.54, 1.807) is 0 Å². The quantitative estimate of drug-likeness (QED) is 0.436. The molecule has 6 nitrogen and oxygen atoms in total. The summed E-state index contributed by atoms with van der Waals surface area (Å²) in [6.07, 6.45) is 0. The highest BCUT2D eigenvalue weighted by atomic mass is 29.5. The van der Waals surface area contributed by atoms with Gasteiger partial charge in [-0.3, -0.25) is 0 Å². The second-order valence-electron chi connectivity index (χ2n) is 0.972. The number of hydrogen-bond donors (Lipinski definition) is 4. The smallest absolute Gasteiger partial charge is 0.254 e. The lowest BCUT2D eigenvalue weighted by molar-refractivity contribution is 1.15. The van der Waals surface area contributed by atoms with Crippen molar-refractivity contribution in [2.75, 3.05) is 0 Å².